The van der Waals surface area contributed by atoms with Gasteiger partial charge in [-0.05, 0) is 89.4 Å². The lowest BCUT2D eigenvalue weighted by atomic mass is 10.1. The molecule has 0 radical (unpaired) electrons. The zero-order valence-corrected chi connectivity index (χ0v) is 21.8. The van der Waals surface area contributed by atoms with Crippen LogP contribution in [0.3, 0.4) is 0 Å². The Morgan fingerprint density at radius 1 is 1.09 bits per heavy atom. The van der Waals surface area contributed by atoms with Gasteiger partial charge in [0.2, 0.25) is 0 Å². The summed E-state index contributed by atoms with van der Waals surface area (Å²) in [7, 11) is 1.92. The third-order valence-electron chi connectivity index (χ3n) is 4.55. The van der Waals surface area contributed by atoms with Gasteiger partial charge in [-0.15, -0.1) is 11.3 Å². The van der Waals surface area contributed by atoms with Crippen LogP contribution in [0.5, 0.6) is 0 Å². The van der Waals surface area contributed by atoms with Crippen LogP contribution in [0.15, 0.2) is 47.5 Å². The number of aryl methyl sites for hydroxylation is 1. The third-order valence-corrected chi connectivity index (χ3v) is 6.89. The van der Waals surface area contributed by atoms with Crippen LogP contribution in [0.1, 0.15) is 40.2 Å². The fourth-order valence-electron chi connectivity index (χ4n) is 3.04. The molecule has 0 saturated carbocycles. The average molecular weight is 485 g/mol. The first-order valence-electron chi connectivity index (χ1n) is 10.9. The van der Waals surface area contributed by atoms with Gasteiger partial charge < -0.3 is 10.1 Å². The highest BCUT2D eigenvalue weighted by atomic mass is 32.2. The van der Waals surface area contributed by atoms with Crippen molar-refractivity contribution in [3.8, 4) is 21.0 Å². The molecule has 3 rings (SSSR count). The molecule has 0 atom stereocenters. The van der Waals surface area contributed by atoms with E-state index in [1.54, 1.807) is 23.3 Å². The standard InChI is InChI=1S/C25H32N4O2S2/c1-15(2)31-24(30)28-18-9-11-20(21(13-18)33-29-25(4,5)6)22-14-27-23(32-22)19-10-8-17(26-7)12-16(19)3/h8-15,26,29H,1-7H3,(H,28,30). The molecule has 0 aliphatic carbocycles. The zero-order chi connectivity index (χ0) is 24.2. The van der Waals surface area contributed by atoms with Crippen LogP contribution in [-0.2, 0) is 4.74 Å². The van der Waals surface area contributed by atoms with Crippen molar-refractivity contribution in [2.75, 3.05) is 17.7 Å². The minimum atomic E-state index is -0.460. The van der Waals surface area contributed by atoms with Gasteiger partial charge in [0, 0.05) is 46.2 Å². The molecule has 0 spiro atoms. The normalized spacial score (nSPS) is 11.5. The molecule has 1 amide bonds. The molecule has 3 aromatic rings. The quantitative estimate of drug-likeness (QED) is 0.308. The highest BCUT2D eigenvalue weighted by molar-refractivity contribution is 7.97. The van der Waals surface area contributed by atoms with E-state index in [0.29, 0.717) is 5.69 Å². The lowest BCUT2D eigenvalue weighted by Crippen LogP contribution is -2.29. The van der Waals surface area contributed by atoms with Crippen molar-refractivity contribution in [3.63, 3.8) is 0 Å². The molecule has 0 saturated heterocycles. The Kier molecular flexibility index (Phi) is 8.05. The molecular weight excluding hydrogens is 452 g/mol. The van der Waals surface area contributed by atoms with Crippen molar-refractivity contribution in [2.45, 2.75) is 58.1 Å². The van der Waals surface area contributed by atoms with Crippen LogP contribution in [0.25, 0.3) is 21.0 Å². The van der Waals surface area contributed by atoms with Gasteiger partial charge in [0.15, 0.2) is 0 Å². The predicted molar refractivity (Wildman–Crippen MR) is 141 cm³/mol. The molecule has 0 fully saturated rings. The first-order valence-corrected chi connectivity index (χ1v) is 12.5. The second-order valence-electron chi connectivity index (χ2n) is 9.05. The Morgan fingerprint density at radius 2 is 1.79 bits per heavy atom. The summed E-state index contributed by atoms with van der Waals surface area (Å²) in [4.78, 5) is 18.9. The van der Waals surface area contributed by atoms with Crippen molar-refractivity contribution in [1.82, 2.24) is 9.71 Å². The number of hydrogen-bond donors (Lipinski definition) is 3. The number of benzene rings is 2. The molecule has 0 unspecified atom stereocenters. The van der Waals surface area contributed by atoms with Crippen LogP contribution in [-0.4, -0.2) is 29.8 Å². The van der Waals surface area contributed by atoms with Gasteiger partial charge in [-0.25, -0.2) is 9.78 Å². The van der Waals surface area contributed by atoms with Crippen LogP contribution in [0, 0.1) is 6.92 Å². The molecule has 33 heavy (non-hydrogen) atoms. The number of carbonyl (C=O) groups excluding carboxylic acids is 1. The number of nitrogens with one attached hydrogen (secondary N) is 3. The van der Waals surface area contributed by atoms with E-state index < -0.39 is 6.09 Å². The number of thiazole rings is 1. The van der Waals surface area contributed by atoms with E-state index in [1.807, 2.05) is 45.3 Å². The lowest BCUT2D eigenvalue weighted by molar-refractivity contribution is 0.130. The van der Waals surface area contributed by atoms with E-state index in [0.717, 1.165) is 31.6 Å². The molecule has 0 bridgehead atoms. The van der Waals surface area contributed by atoms with E-state index >= 15 is 0 Å². The van der Waals surface area contributed by atoms with Crippen molar-refractivity contribution < 1.29 is 9.53 Å². The smallest absolute Gasteiger partial charge is 0.411 e. The maximum atomic E-state index is 12.1. The lowest BCUT2D eigenvalue weighted by Gasteiger charge is -2.21. The summed E-state index contributed by atoms with van der Waals surface area (Å²) in [6, 6.07) is 12.2. The maximum Gasteiger partial charge on any atom is 0.411 e. The molecule has 1 aromatic heterocycles. The monoisotopic (exact) mass is 484 g/mol. The largest absolute Gasteiger partial charge is 0.447 e. The summed E-state index contributed by atoms with van der Waals surface area (Å²) in [5, 5.41) is 6.97. The highest BCUT2D eigenvalue weighted by Crippen LogP contribution is 2.39. The molecule has 6 nitrogen and oxygen atoms in total. The second kappa shape index (κ2) is 10.6. The van der Waals surface area contributed by atoms with Gasteiger partial charge >= 0.3 is 6.09 Å². The third kappa shape index (κ3) is 6.96. The Bertz CT molecular complexity index is 1120. The van der Waals surface area contributed by atoms with Crippen LogP contribution < -0.4 is 15.4 Å². The number of amides is 1. The first kappa shape index (κ1) is 25.1. The van der Waals surface area contributed by atoms with Gasteiger partial charge in [-0.3, -0.25) is 10.0 Å². The average Bonchev–Trinajstić information content (AvgIpc) is 3.20. The second-order valence-corrected chi connectivity index (χ2v) is 10.9. The molecular formula is C25H32N4O2S2. The minimum Gasteiger partial charge on any atom is -0.447 e. The van der Waals surface area contributed by atoms with Crippen LogP contribution in [0.2, 0.25) is 0 Å². The van der Waals surface area contributed by atoms with Crippen molar-refractivity contribution in [3.05, 3.63) is 48.2 Å². The minimum absolute atomic E-state index is 0.0764. The number of hydrogen-bond acceptors (Lipinski definition) is 7. The topological polar surface area (TPSA) is 75.3 Å². The van der Waals surface area contributed by atoms with Crippen molar-refractivity contribution in [2.24, 2.45) is 0 Å². The maximum absolute atomic E-state index is 12.1. The van der Waals surface area contributed by atoms with Gasteiger partial charge in [0.25, 0.3) is 0 Å². The number of anilines is 2. The summed E-state index contributed by atoms with van der Waals surface area (Å²) >= 11 is 3.20. The fourth-order valence-corrected chi connectivity index (χ4v) is 5.04. The molecule has 2 aromatic carbocycles. The van der Waals surface area contributed by atoms with Gasteiger partial charge in [-0.2, -0.15) is 0 Å². The predicted octanol–water partition coefficient (Wildman–Crippen LogP) is 7.18. The Labute approximate surface area is 204 Å². The zero-order valence-electron chi connectivity index (χ0n) is 20.2. The van der Waals surface area contributed by atoms with E-state index in [1.165, 1.54) is 5.56 Å². The molecule has 0 aliphatic heterocycles. The summed E-state index contributed by atoms with van der Waals surface area (Å²) < 4.78 is 8.69. The van der Waals surface area contributed by atoms with Crippen LogP contribution >= 0.6 is 23.3 Å². The van der Waals surface area contributed by atoms with E-state index in [-0.39, 0.29) is 11.6 Å². The highest BCUT2D eigenvalue weighted by Gasteiger charge is 2.17. The van der Waals surface area contributed by atoms with Crippen LogP contribution in [0.4, 0.5) is 16.2 Å². The molecule has 1 heterocycles. The summed E-state index contributed by atoms with van der Waals surface area (Å²) in [5.74, 6) is 0. The summed E-state index contributed by atoms with van der Waals surface area (Å²) in [6.07, 6.45) is 1.28. The van der Waals surface area contributed by atoms with E-state index in [4.69, 9.17) is 9.72 Å². The molecule has 3 N–H and O–H groups in total. The Balaban J connectivity index is 1.93. The molecule has 176 valence electrons. The summed E-state index contributed by atoms with van der Waals surface area (Å²) in [6.45, 7) is 12.1. The first-order chi connectivity index (χ1) is 15.6. The van der Waals surface area contributed by atoms with E-state index in [2.05, 4.69) is 61.2 Å². The fraction of sp³-hybridized carbons (Fsp3) is 0.360. The SMILES string of the molecule is CNc1ccc(-c2ncc(-c3ccc(NC(=O)OC(C)C)cc3SNC(C)(C)C)s2)c(C)c1. The Morgan fingerprint density at radius 3 is 2.42 bits per heavy atom. The molecule has 8 heteroatoms. The van der Waals surface area contributed by atoms with Crippen molar-refractivity contribution in [1.29, 1.82) is 0 Å². The van der Waals surface area contributed by atoms with Gasteiger partial charge in [0.1, 0.15) is 5.01 Å². The van der Waals surface area contributed by atoms with Gasteiger partial charge in [0.05, 0.1) is 11.0 Å². The number of nitrogens with zero attached hydrogens (tertiary/aromatic N) is 1. The van der Waals surface area contributed by atoms with Gasteiger partial charge in [-0.1, -0.05) is 6.07 Å². The Hall–Kier alpha value is -2.55. The number of rotatable bonds is 7. The molecule has 0 aliphatic rings. The number of carbonyl (C=O) groups is 1. The van der Waals surface area contributed by atoms with E-state index in [9.17, 15) is 4.79 Å². The number of ether oxygens (including phenoxy) is 1. The number of aromatic nitrogens is 1. The van der Waals surface area contributed by atoms with Crippen molar-refractivity contribution >= 4 is 40.8 Å². The summed E-state index contributed by atoms with van der Waals surface area (Å²) in [5.41, 5.74) is 5.06.